The maximum Gasteiger partial charge on any atom is 0.171 e. The molecular weight excluding hydrogens is 248 g/mol. The fourth-order valence-electron chi connectivity index (χ4n) is 2.34. The van der Waals surface area contributed by atoms with Crippen LogP contribution in [0.3, 0.4) is 0 Å². The van der Waals surface area contributed by atoms with Crippen LogP contribution in [0.4, 0.5) is 0 Å². The second kappa shape index (κ2) is 4.93. The summed E-state index contributed by atoms with van der Waals surface area (Å²) in [6.07, 6.45) is 3.91. The summed E-state index contributed by atoms with van der Waals surface area (Å²) in [4.78, 5) is 12.4. The fraction of sp³-hybridized carbons (Fsp3) is 0.176. The third-order valence-electron chi connectivity index (χ3n) is 3.66. The predicted octanol–water partition coefficient (Wildman–Crippen LogP) is 3.38. The molecule has 3 heteroatoms. The summed E-state index contributed by atoms with van der Waals surface area (Å²) >= 11 is 0. The first-order valence-corrected chi connectivity index (χ1v) is 6.67. The Morgan fingerprint density at radius 2 is 2.00 bits per heavy atom. The smallest absolute Gasteiger partial charge is 0.171 e. The van der Waals surface area contributed by atoms with Gasteiger partial charge in [-0.15, -0.1) is 0 Å². The Hall–Kier alpha value is -2.42. The van der Waals surface area contributed by atoms with E-state index in [0.717, 1.165) is 11.1 Å². The van der Waals surface area contributed by atoms with Crippen molar-refractivity contribution in [1.82, 2.24) is 9.61 Å². The van der Waals surface area contributed by atoms with Crippen LogP contribution in [-0.2, 0) is 6.42 Å². The Morgan fingerprint density at radius 1 is 1.15 bits per heavy atom. The summed E-state index contributed by atoms with van der Waals surface area (Å²) in [7, 11) is 0. The van der Waals surface area contributed by atoms with Crippen molar-refractivity contribution in [3.05, 3.63) is 71.0 Å². The topological polar surface area (TPSA) is 34.4 Å². The van der Waals surface area contributed by atoms with Crippen molar-refractivity contribution in [2.45, 2.75) is 20.3 Å². The quantitative estimate of drug-likeness (QED) is 0.680. The zero-order valence-corrected chi connectivity index (χ0v) is 11.6. The zero-order chi connectivity index (χ0) is 14.1. The number of carbonyl (C=O) groups is 1. The molecule has 0 radical (unpaired) electrons. The van der Waals surface area contributed by atoms with Crippen molar-refractivity contribution < 1.29 is 4.79 Å². The van der Waals surface area contributed by atoms with Crippen LogP contribution in [-0.4, -0.2) is 15.4 Å². The van der Waals surface area contributed by atoms with Gasteiger partial charge >= 0.3 is 0 Å². The minimum Gasteiger partial charge on any atom is -0.294 e. The van der Waals surface area contributed by atoms with E-state index in [2.05, 4.69) is 31.1 Å². The molecule has 2 heterocycles. The van der Waals surface area contributed by atoms with Gasteiger partial charge in [0, 0.05) is 12.6 Å². The monoisotopic (exact) mass is 264 g/mol. The Labute approximate surface area is 117 Å². The van der Waals surface area contributed by atoms with Crippen LogP contribution in [0.1, 0.15) is 27.0 Å². The number of ketones is 1. The number of hydrogen-bond donors (Lipinski definition) is 0. The Kier molecular flexibility index (Phi) is 3.11. The number of hydrogen-bond acceptors (Lipinski definition) is 2. The summed E-state index contributed by atoms with van der Waals surface area (Å²) in [5, 5.41) is 4.21. The molecule has 0 N–H and O–H groups in total. The van der Waals surface area contributed by atoms with Crippen LogP contribution in [0.5, 0.6) is 0 Å². The minimum absolute atomic E-state index is 0.106. The van der Waals surface area contributed by atoms with Gasteiger partial charge in [0.05, 0.1) is 17.3 Å². The number of carbonyl (C=O) groups excluding carboxylic acids is 1. The van der Waals surface area contributed by atoms with Crippen molar-refractivity contribution in [2.75, 3.05) is 0 Å². The van der Waals surface area contributed by atoms with Gasteiger partial charge in [0.25, 0.3) is 0 Å². The Bertz CT molecular complexity index is 787. The molecule has 3 nitrogen and oxygen atoms in total. The lowest BCUT2D eigenvalue weighted by Gasteiger charge is -2.04. The van der Waals surface area contributed by atoms with Crippen LogP contribution < -0.4 is 0 Å². The molecule has 0 unspecified atom stereocenters. The largest absolute Gasteiger partial charge is 0.294 e. The summed E-state index contributed by atoms with van der Waals surface area (Å²) in [6, 6.07) is 11.9. The second-order valence-electron chi connectivity index (χ2n) is 5.11. The molecule has 100 valence electrons. The molecule has 0 fully saturated rings. The molecule has 0 atom stereocenters. The van der Waals surface area contributed by atoms with E-state index < -0.39 is 0 Å². The lowest BCUT2D eigenvalue weighted by molar-refractivity contribution is 0.0994. The van der Waals surface area contributed by atoms with E-state index in [4.69, 9.17) is 0 Å². The highest BCUT2D eigenvalue weighted by molar-refractivity contribution is 6.03. The summed E-state index contributed by atoms with van der Waals surface area (Å²) in [5.41, 5.74) is 5.06. The number of fused-ring (bicyclic) bond motifs is 1. The van der Waals surface area contributed by atoms with Gasteiger partial charge in [-0.3, -0.25) is 4.79 Å². The van der Waals surface area contributed by atoms with Gasteiger partial charge in [-0.2, -0.15) is 5.10 Å². The maximum atomic E-state index is 12.4. The fourth-order valence-corrected chi connectivity index (χ4v) is 2.34. The van der Waals surface area contributed by atoms with Gasteiger partial charge in [-0.25, -0.2) is 4.52 Å². The van der Waals surface area contributed by atoms with E-state index in [0.29, 0.717) is 12.0 Å². The third kappa shape index (κ3) is 2.23. The van der Waals surface area contributed by atoms with Crippen molar-refractivity contribution in [2.24, 2.45) is 0 Å². The molecule has 1 aromatic carbocycles. The van der Waals surface area contributed by atoms with Crippen LogP contribution in [0.15, 0.2) is 48.8 Å². The Morgan fingerprint density at radius 3 is 2.80 bits per heavy atom. The molecular formula is C17H16N2O. The lowest BCUT2D eigenvalue weighted by atomic mass is 10.0. The zero-order valence-electron chi connectivity index (χ0n) is 11.6. The van der Waals surface area contributed by atoms with Gasteiger partial charge < -0.3 is 0 Å². The number of aromatic nitrogens is 2. The average Bonchev–Trinajstić information content (AvgIpc) is 2.87. The standard InChI is InChI=1S/C17H16N2O/c1-12-6-7-14(9-13(12)2)10-17(20)15-11-18-19-8-4-3-5-16(15)19/h3-9,11H,10H2,1-2H3. The van der Waals surface area contributed by atoms with Crippen LogP contribution in [0.2, 0.25) is 0 Å². The molecule has 2 aromatic heterocycles. The molecule has 3 rings (SSSR count). The lowest BCUT2D eigenvalue weighted by Crippen LogP contribution is -2.03. The third-order valence-corrected chi connectivity index (χ3v) is 3.66. The second-order valence-corrected chi connectivity index (χ2v) is 5.11. The molecule has 20 heavy (non-hydrogen) atoms. The molecule has 0 saturated carbocycles. The minimum atomic E-state index is 0.106. The van der Waals surface area contributed by atoms with Crippen LogP contribution >= 0.6 is 0 Å². The number of pyridine rings is 1. The first-order valence-electron chi connectivity index (χ1n) is 6.67. The molecule has 0 aliphatic heterocycles. The molecule has 0 aliphatic rings. The van der Waals surface area contributed by atoms with Gasteiger partial charge in [0.2, 0.25) is 0 Å². The van der Waals surface area contributed by atoms with Crippen LogP contribution in [0.25, 0.3) is 5.52 Å². The average molecular weight is 264 g/mol. The first-order chi connectivity index (χ1) is 9.65. The molecule has 0 aliphatic carbocycles. The number of Topliss-reactive ketones (excluding diaryl/α,β-unsaturated/α-hetero) is 1. The van der Waals surface area contributed by atoms with Crippen molar-refractivity contribution >= 4 is 11.3 Å². The van der Waals surface area contributed by atoms with Gasteiger partial charge in [-0.05, 0) is 42.7 Å². The van der Waals surface area contributed by atoms with E-state index in [-0.39, 0.29) is 5.78 Å². The predicted molar refractivity (Wildman–Crippen MR) is 79.1 cm³/mol. The highest BCUT2D eigenvalue weighted by Crippen LogP contribution is 2.15. The van der Waals surface area contributed by atoms with Crippen molar-refractivity contribution in [3.63, 3.8) is 0 Å². The summed E-state index contributed by atoms with van der Waals surface area (Å²) in [5.74, 6) is 0.106. The van der Waals surface area contributed by atoms with E-state index in [9.17, 15) is 4.79 Å². The Balaban J connectivity index is 1.91. The highest BCUT2D eigenvalue weighted by Gasteiger charge is 2.13. The number of benzene rings is 1. The number of nitrogens with zero attached hydrogens (tertiary/aromatic N) is 2. The van der Waals surface area contributed by atoms with Gasteiger partial charge in [-0.1, -0.05) is 24.3 Å². The molecule has 0 saturated heterocycles. The molecule has 0 bridgehead atoms. The first kappa shape index (κ1) is 12.6. The number of rotatable bonds is 3. The van der Waals surface area contributed by atoms with Gasteiger partial charge in [0.1, 0.15) is 0 Å². The van der Waals surface area contributed by atoms with Crippen molar-refractivity contribution in [1.29, 1.82) is 0 Å². The van der Waals surface area contributed by atoms with E-state index in [1.54, 1.807) is 10.7 Å². The molecule has 3 aromatic rings. The molecule has 0 spiro atoms. The highest BCUT2D eigenvalue weighted by atomic mass is 16.1. The SMILES string of the molecule is Cc1ccc(CC(=O)c2cnn3ccccc23)cc1C. The van der Waals surface area contributed by atoms with Gasteiger partial charge in [0.15, 0.2) is 5.78 Å². The normalized spacial score (nSPS) is 10.9. The van der Waals surface area contributed by atoms with E-state index in [1.807, 2.05) is 30.5 Å². The summed E-state index contributed by atoms with van der Waals surface area (Å²) in [6.45, 7) is 4.14. The maximum absolute atomic E-state index is 12.4. The molecule has 0 amide bonds. The van der Waals surface area contributed by atoms with E-state index in [1.165, 1.54) is 11.1 Å². The van der Waals surface area contributed by atoms with Crippen molar-refractivity contribution in [3.8, 4) is 0 Å². The van der Waals surface area contributed by atoms with E-state index >= 15 is 0 Å². The van der Waals surface area contributed by atoms with Crippen LogP contribution in [0, 0.1) is 13.8 Å². The summed E-state index contributed by atoms with van der Waals surface area (Å²) < 4.78 is 1.73. The number of aryl methyl sites for hydroxylation is 2.